The van der Waals surface area contributed by atoms with Gasteiger partial charge < -0.3 is 0 Å². The number of hydrogen-bond acceptors (Lipinski definition) is 2. The maximum atomic E-state index is 11.0. The number of carbonyl (C=O) groups is 1. The number of ketones is 1. The van der Waals surface area contributed by atoms with E-state index in [0.717, 1.165) is 0 Å². The molecule has 0 aromatic rings. The van der Waals surface area contributed by atoms with Crippen molar-refractivity contribution in [2.75, 3.05) is 0 Å². The van der Waals surface area contributed by atoms with Crippen LogP contribution in [0.1, 0.15) is 27.2 Å². The van der Waals surface area contributed by atoms with E-state index in [9.17, 15) is 4.79 Å². The van der Waals surface area contributed by atoms with E-state index in [1.807, 2.05) is 20.8 Å². The van der Waals surface area contributed by atoms with Crippen molar-refractivity contribution in [2.24, 2.45) is 0 Å². The molecule has 0 saturated carbocycles. The van der Waals surface area contributed by atoms with Gasteiger partial charge in [-0.15, -0.1) is 0 Å². The van der Waals surface area contributed by atoms with Gasteiger partial charge in [-0.1, -0.05) is 29.5 Å². The highest BCUT2D eigenvalue weighted by molar-refractivity contribution is 14.1. The highest BCUT2D eigenvalue weighted by atomic mass is 127. The maximum absolute atomic E-state index is 11.0. The minimum Gasteiger partial charge on any atom is -0.297 e. The first kappa shape index (κ1) is 10.4. The van der Waals surface area contributed by atoms with Gasteiger partial charge in [-0.3, -0.25) is 10.1 Å². The van der Waals surface area contributed by atoms with Gasteiger partial charge in [0.2, 0.25) is 0 Å². The fraction of sp³-hybridized carbons (Fsp3) is 0.857. The van der Waals surface area contributed by atoms with Gasteiger partial charge >= 0.3 is 0 Å². The summed E-state index contributed by atoms with van der Waals surface area (Å²) in [4.78, 5) is 11.0. The van der Waals surface area contributed by atoms with E-state index in [4.69, 9.17) is 0 Å². The highest BCUT2D eigenvalue weighted by Gasteiger charge is 2.11. The normalized spacial score (nSPS) is 13.7. The van der Waals surface area contributed by atoms with E-state index in [2.05, 4.69) is 27.9 Å². The van der Waals surface area contributed by atoms with Gasteiger partial charge in [-0.05, 0) is 13.8 Å². The van der Waals surface area contributed by atoms with Crippen molar-refractivity contribution in [3.8, 4) is 0 Å². The SMILES string of the molecule is CCC(=O)C(I)NC(C)C. The first-order valence-corrected chi connectivity index (χ1v) is 4.75. The standard InChI is InChI=1S/C7H14INO/c1-4-6(10)7(8)9-5(2)3/h5,7,9H,4H2,1-3H3. The first-order chi connectivity index (χ1) is 4.57. The molecule has 1 unspecified atom stereocenters. The molecular weight excluding hydrogens is 241 g/mol. The van der Waals surface area contributed by atoms with E-state index < -0.39 is 0 Å². The third-order valence-corrected chi connectivity index (χ3v) is 2.17. The van der Waals surface area contributed by atoms with Crippen LogP contribution < -0.4 is 5.32 Å². The van der Waals surface area contributed by atoms with Gasteiger partial charge in [0.05, 0.1) is 0 Å². The average molecular weight is 255 g/mol. The monoisotopic (exact) mass is 255 g/mol. The largest absolute Gasteiger partial charge is 0.297 e. The van der Waals surface area contributed by atoms with Crippen LogP contribution in [0.25, 0.3) is 0 Å². The Kier molecular flexibility index (Phi) is 5.25. The number of halogens is 1. The van der Waals surface area contributed by atoms with E-state index in [1.54, 1.807) is 0 Å². The van der Waals surface area contributed by atoms with E-state index in [1.165, 1.54) is 0 Å². The number of alkyl halides is 1. The summed E-state index contributed by atoms with van der Waals surface area (Å²) in [6.07, 6.45) is 0.618. The predicted molar refractivity (Wildman–Crippen MR) is 51.4 cm³/mol. The predicted octanol–water partition coefficient (Wildman–Crippen LogP) is 1.72. The van der Waals surface area contributed by atoms with Crippen LogP contribution in [-0.4, -0.2) is 15.9 Å². The molecule has 0 fully saturated rings. The number of rotatable bonds is 4. The molecule has 10 heavy (non-hydrogen) atoms. The molecule has 0 bridgehead atoms. The van der Waals surface area contributed by atoms with Crippen molar-refractivity contribution in [2.45, 2.75) is 37.3 Å². The van der Waals surface area contributed by atoms with E-state index >= 15 is 0 Å². The highest BCUT2D eigenvalue weighted by Crippen LogP contribution is 2.01. The Bertz CT molecular complexity index is 114. The van der Waals surface area contributed by atoms with Gasteiger partial charge in [0.15, 0.2) is 5.78 Å². The summed E-state index contributed by atoms with van der Waals surface area (Å²) in [5.74, 6) is 0.272. The van der Waals surface area contributed by atoms with Crippen molar-refractivity contribution in [3.63, 3.8) is 0 Å². The van der Waals surface area contributed by atoms with Crippen molar-refractivity contribution in [1.29, 1.82) is 0 Å². The molecule has 0 aromatic heterocycles. The first-order valence-electron chi connectivity index (χ1n) is 3.50. The number of nitrogens with one attached hydrogen (secondary N) is 1. The number of Topliss-reactive ketones (excluding diaryl/α,β-unsaturated/α-hetero) is 1. The number of hydrogen-bond donors (Lipinski definition) is 1. The molecule has 0 aliphatic rings. The molecule has 1 atom stereocenters. The molecule has 0 rings (SSSR count). The van der Waals surface area contributed by atoms with Crippen LogP contribution in [0.3, 0.4) is 0 Å². The summed E-state index contributed by atoms with van der Waals surface area (Å²) in [7, 11) is 0. The average Bonchev–Trinajstić information content (AvgIpc) is 1.85. The molecular formula is C7H14INO. The lowest BCUT2D eigenvalue weighted by molar-refractivity contribution is -0.118. The molecule has 0 aromatic carbocycles. The van der Waals surface area contributed by atoms with Gasteiger partial charge in [-0.25, -0.2) is 0 Å². The van der Waals surface area contributed by atoms with E-state index in [-0.39, 0.29) is 9.83 Å². The molecule has 0 spiro atoms. The van der Waals surface area contributed by atoms with Crippen LogP contribution in [0.2, 0.25) is 0 Å². The second-order valence-electron chi connectivity index (χ2n) is 2.50. The third-order valence-electron chi connectivity index (χ3n) is 1.11. The Morgan fingerprint density at radius 2 is 2.10 bits per heavy atom. The second-order valence-corrected chi connectivity index (χ2v) is 3.75. The quantitative estimate of drug-likeness (QED) is 0.471. The van der Waals surface area contributed by atoms with Crippen LogP contribution >= 0.6 is 22.6 Å². The van der Waals surface area contributed by atoms with Gasteiger partial charge in [-0.2, -0.15) is 0 Å². The van der Waals surface area contributed by atoms with Crippen molar-refractivity contribution in [1.82, 2.24) is 5.32 Å². The van der Waals surface area contributed by atoms with Gasteiger partial charge in [0.25, 0.3) is 0 Å². The maximum Gasteiger partial charge on any atom is 0.159 e. The lowest BCUT2D eigenvalue weighted by atomic mass is 10.3. The van der Waals surface area contributed by atoms with Gasteiger partial charge in [0.1, 0.15) is 4.05 Å². The molecule has 0 aliphatic heterocycles. The molecule has 0 saturated heterocycles. The number of carbonyl (C=O) groups excluding carboxylic acids is 1. The Balaban J connectivity index is 3.61. The third kappa shape index (κ3) is 4.22. The zero-order valence-corrected chi connectivity index (χ0v) is 8.81. The molecule has 0 amide bonds. The van der Waals surface area contributed by atoms with E-state index in [0.29, 0.717) is 12.5 Å². The van der Waals surface area contributed by atoms with Crippen molar-refractivity contribution < 1.29 is 4.79 Å². The van der Waals surface area contributed by atoms with Crippen LogP contribution in [-0.2, 0) is 4.79 Å². The summed E-state index contributed by atoms with van der Waals surface area (Å²) in [5, 5.41) is 3.13. The summed E-state index contributed by atoms with van der Waals surface area (Å²) in [5.41, 5.74) is 0. The fourth-order valence-corrected chi connectivity index (χ4v) is 1.72. The van der Waals surface area contributed by atoms with Crippen molar-refractivity contribution >= 4 is 28.4 Å². The lowest BCUT2D eigenvalue weighted by Crippen LogP contribution is -2.35. The molecule has 1 N–H and O–H groups in total. The van der Waals surface area contributed by atoms with Crippen LogP contribution in [0.15, 0.2) is 0 Å². The smallest absolute Gasteiger partial charge is 0.159 e. The molecule has 2 nitrogen and oxygen atoms in total. The minimum absolute atomic E-state index is 0.0115. The Morgan fingerprint density at radius 3 is 2.40 bits per heavy atom. The summed E-state index contributed by atoms with van der Waals surface area (Å²) in [6, 6.07) is 0.386. The molecule has 3 heteroatoms. The summed E-state index contributed by atoms with van der Waals surface area (Å²) in [6.45, 7) is 5.96. The molecule has 0 heterocycles. The van der Waals surface area contributed by atoms with Crippen molar-refractivity contribution in [3.05, 3.63) is 0 Å². The minimum atomic E-state index is -0.0115. The zero-order chi connectivity index (χ0) is 8.15. The topological polar surface area (TPSA) is 29.1 Å². The fourth-order valence-electron chi connectivity index (χ4n) is 0.565. The summed E-state index contributed by atoms with van der Waals surface area (Å²) >= 11 is 2.12. The van der Waals surface area contributed by atoms with Crippen LogP contribution in [0, 0.1) is 0 Å². The molecule has 60 valence electrons. The lowest BCUT2D eigenvalue weighted by Gasteiger charge is -2.12. The van der Waals surface area contributed by atoms with Crippen LogP contribution in [0.4, 0.5) is 0 Å². The Labute approximate surface area is 75.9 Å². The Hall–Kier alpha value is 0.360. The molecule has 0 radical (unpaired) electrons. The Morgan fingerprint density at radius 1 is 1.60 bits per heavy atom. The second kappa shape index (κ2) is 5.07. The summed E-state index contributed by atoms with van der Waals surface area (Å²) < 4.78 is -0.0115. The molecule has 0 aliphatic carbocycles. The van der Waals surface area contributed by atoms with Gasteiger partial charge in [0, 0.05) is 12.5 Å². The zero-order valence-electron chi connectivity index (χ0n) is 6.65. The van der Waals surface area contributed by atoms with Crippen LogP contribution in [0.5, 0.6) is 0 Å².